The number of hydrogen-bond acceptors (Lipinski definition) is 3. The first-order chi connectivity index (χ1) is 10.4. The molecule has 4 N–H and O–H groups in total. The number of anilines is 1. The zero-order chi connectivity index (χ0) is 16.3. The number of aromatic nitrogens is 1. The molecular formula is C14H12Cl3N4O+. The molecule has 2 rings (SSSR count). The molecule has 0 radical (unpaired) electrons. The Morgan fingerprint density at radius 2 is 1.82 bits per heavy atom. The number of halogens is 3. The van der Waals surface area contributed by atoms with E-state index in [-0.39, 0.29) is 26.6 Å². The van der Waals surface area contributed by atoms with Crippen molar-refractivity contribution in [2.45, 2.75) is 6.92 Å². The minimum absolute atomic E-state index is 0.0144. The summed E-state index contributed by atoms with van der Waals surface area (Å²) in [4.78, 5) is 14.7. The number of H-pyrrole nitrogens is 1. The predicted molar refractivity (Wildman–Crippen MR) is 88.6 cm³/mol. The smallest absolute Gasteiger partial charge is 0.337 e. The summed E-state index contributed by atoms with van der Waals surface area (Å²) in [6, 6.07) is 9.39. The molecule has 0 unspecified atom stereocenters. The minimum Gasteiger partial charge on any atom is -0.396 e. The number of nitrogen functional groups attached to an aromatic ring is 1. The highest BCUT2D eigenvalue weighted by atomic mass is 35.5. The van der Waals surface area contributed by atoms with Crippen molar-refractivity contribution in [1.82, 2.24) is 5.43 Å². The van der Waals surface area contributed by atoms with Gasteiger partial charge in [0.2, 0.25) is 0 Å². The SMILES string of the molecule is C/C(=N/NC(=O)c1[nH+]c(Cl)c(Cl)c(N)c1Cl)c1ccccc1. The Morgan fingerprint density at radius 1 is 1.18 bits per heavy atom. The van der Waals surface area contributed by atoms with Gasteiger partial charge in [-0.1, -0.05) is 53.5 Å². The average Bonchev–Trinajstić information content (AvgIpc) is 2.54. The van der Waals surface area contributed by atoms with Crippen LogP contribution in [0.5, 0.6) is 0 Å². The van der Waals surface area contributed by atoms with Crippen LogP contribution in [0.4, 0.5) is 5.69 Å². The second-order valence-corrected chi connectivity index (χ2v) is 5.49. The first-order valence-corrected chi connectivity index (χ1v) is 7.30. The van der Waals surface area contributed by atoms with E-state index >= 15 is 0 Å². The molecule has 0 aliphatic heterocycles. The molecule has 0 aliphatic carbocycles. The van der Waals surface area contributed by atoms with Crippen molar-refractivity contribution < 1.29 is 9.78 Å². The van der Waals surface area contributed by atoms with Crippen molar-refractivity contribution in [2.24, 2.45) is 5.10 Å². The molecule has 0 spiro atoms. The molecule has 1 heterocycles. The Labute approximate surface area is 142 Å². The first-order valence-electron chi connectivity index (χ1n) is 6.17. The lowest BCUT2D eigenvalue weighted by Crippen LogP contribution is -2.29. The number of carbonyl (C=O) groups is 1. The topological polar surface area (TPSA) is 81.6 Å². The van der Waals surface area contributed by atoms with Crippen molar-refractivity contribution in [1.29, 1.82) is 0 Å². The zero-order valence-corrected chi connectivity index (χ0v) is 13.7. The highest BCUT2D eigenvalue weighted by Gasteiger charge is 2.25. The summed E-state index contributed by atoms with van der Waals surface area (Å²) in [7, 11) is 0. The van der Waals surface area contributed by atoms with Crippen LogP contribution in [0.25, 0.3) is 0 Å². The van der Waals surface area contributed by atoms with Gasteiger partial charge in [0.1, 0.15) is 10.0 Å². The molecule has 0 atom stereocenters. The van der Waals surface area contributed by atoms with Crippen LogP contribution < -0.4 is 16.1 Å². The lowest BCUT2D eigenvalue weighted by molar-refractivity contribution is -0.379. The fraction of sp³-hybridized carbons (Fsp3) is 0.0714. The highest BCUT2D eigenvalue weighted by Crippen LogP contribution is 2.31. The van der Waals surface area contributed by atoms with E-state index in [0.29, 0.717) is 5.71 Å². The van der Waals surface area contributed by atoms with Crippen molar-refractivity contribution in [3.63, 3.8) is 0 Å². The maximum absolute atomic E-state index is 12.1. The van der Waals surface area contributed by atoms with Crippen molar-refractivity contribution in [2.75, 3.05) is 5.73 Å². The Kier molecular flexibility index (Phi) is 5.24. The van der Waals surface area contributed by atoms with E-state index in [9.17, 15) is 4.79 Å². The van der Waals surface area contributed by atoms with E-state index in [2.05, 4.69) is 15.5 Å². The van der Waals surface area contributed by atoms with Gasteiger partial charge in [-0.15, -0.1) is 0 Å². The lowest BCUT2D eigenvalue weighted by atomic mass is 10.1. The third-order valence-electron chi connectivity index (χ3n) is 2.86. The van der Waals surface area contributed by atoms with Gasteiger partial charge >= 0.3 is 5.91 Å². The number of amides is 1. The molecular weight excluding hydrogens is 347 g/mol. The van der Waals surface area contributed by atoms with Crippen LogP contribution in [-0.2, 0) is 0 Å². The van der Waals surface area contributed by atoms with Gasteiger partial charge in [-0.2, -0.15) is 10.1 Å². The maximum Gasteiger partial charge on any atom is 0.337 e. The van der Waals surface area contributed by atoms with Gasteiger partial charge < -0.3 is 5.73 Å². The molecule has 0 aliphatic rings. The molecule has 5 nitrogen and oxygen atoms in total. The van der Waals surface area contributed by atoms with Gasteiger partial charge in [0.25, 0.3) is 10.8 Å². The largest absolute Gasteiger partial charge is 0.396 e. The Morgan fingerprint density at radius 3 is 2.45 bits per heavy atom. The summed E-state index contributed by atoms with van der Waals surface area (Å²) < 4.78 is 0. The molecule has 1 aromatic carbocycles. The molecule has 2 aromatic rings. The molecule has 8 heteroatoms. The van der Waals surface area contributed by atoms with Crippen LogP contribution in [0.1, 0.15) is 23.0 Å². The molecule has 0 saturated heterocycles. The van der Waals surface area contributed by atoms with E-state index < -0.39 is 5.91 Å². The summed E-state index contributed by atoms with van der Waals surface area (Å²) in [5, 5.41) is 4.09. The molecule has 0 bridgehead atoms. The molecule has 1 aromatic heterocycles. The Hall–Kier alpha value is -1.82. The Bertz CT molecular complexity index is 747. The zero-order valence-electron chi connectivity index (χ0n) is 11.5. The molecule has 1 amide bonds. The normalized spacial score (nSPS) is 11.4. The third-order valence-corrected chi connectivity index (χ3v) is 4.03. The second-order valence-electron chi connectivity index (χ2n) is 4.36. The number of nitrogens with zero attached hydrogens (tertiary/aromatic N) is 1. The van der Waals surface area contributed by atoms with E-state index in [1.807, 2.05) is 30.3 Å². The Balaban J connectivity index is 2.24. The van der Waals surface area contributed by atoms with Crippen LogP contribution >= 0.6 is 34.8 Å². The molecule has 114 valence electrons. The highest BCUT2D eigenvalue weighted by molar-refractivity contribution is 6.45. The number of hydrazone groups is 1. The fourth-order valence-electron chi connectivity index (χ4n) is 1.66. The lowest BCUT2D eigenvalue weighted by Gasteiger charge is -2.04. The van der Waals surface area contributed by atoms with Gasteiger partial charge in [0, 0.05) is 0 Å². The number of rotatable bonds is 3. The van der Waals surface area contributed by atoms with Crippen molar-refractivity contribution in [3.05, 3.63) is 56.8 Å². The number of carbonyl (C=O) groups excluding carboxylic acids is 1. The summed E-state index contributed by atoms with van der Waals surface area (Å²) in [6.45, 7) is 1.77. The van der Waals surface area contributed by atoms with Crippen LogP contribution in [0.15, 0.2) is 35.4 Å². The summed E-state index contributed by atoms with van der Waals surface area (Å²) in [6.07, 6.45) is 0. The van der Waals surface area contributed by atoms with Crippen LogP contribution in [0.2, 0.25) is 15.2 Å². The number of hydrogen-bond donors (Lipinski definition) is 2. The van der Waals surface area contributed by atoms with E-state index in [1.165, 1.54) is 0 Å². The fourth-order valence-corrected chi connectivity index (χ4v) is 2.27. The summed E-state index contributed by atoms with van der Waals surface area (Å²) in [5.41, 5.74) is 9.60. The second kappa shape index (κ2) is 6.96. The van der Waals surface area contributed by atoms with Crippen molar-refractivity contribution in [3.8, 4) is 0 Å². The quantitative estimate of drug-likeness (QED) is 0.502. The van der Waals surface area contributed by atoms with E-state index in [0.717, 1.165) is 5.56 Å². The standard InChI is InChI=1S/C14H11Cl3N4O/c1-7(8-5-3-2-4-6-8)20-21-14(22)12-9(15)11(18)10(16)13(17)19-12/h2-6H,1H3,(H2,18,19)(H,21,22)/p+1/b20-7-. The first kappa shape index (κ1) is 16.5. The minimum atomic E-state index is -0.578. The monoisotopic (exact) mass is 357 g/mol. The molecule has 0 fully saturated rings. The van der Waals surface area contributed by atoms with Gasteiger partial charge in [0.05, 0.1) is 11.4 Å². The summed E-state index contributed by atoms with van der Waals surface area (Å²) >= 11 is 17.7. The number of benzene rings is 1. The predicted octanol–water partition coefficient (Wildman–Crippen LogP) is 3.20. The van der Waals surface area contributed by atoms with Gasteiger partial charge in [-0.25, -0.2) is 5.43 Å². The van der Waals surface area contributed by atoms with E-state index in [4.69, 9.17) is 40.5 Å². The number of nitrogens with two attached hydrogens (primary N) is 1. The number of aromatic amines is 1. The number of nitrogens with one attached hydrogen (secondary N) is 2. The number of pyridine rings is 1. The van der Waals surface area contributed by atoms with Gasteiger partial charge in [-0.3, -0.25) is 4.79 Å². The van der Waals surface area contributed by atoms with Crippen LogP contribution in [-0.4, -0.2) is 11.6 Å². The molecule has 22 heavy (non-hydrogen) atoms. The summed E-state index contributed by atoms with van der Waals surface area (Å²) in [5.74, 6) is -0.578. The van der Waals surface area contributed by atoms with Gasteiger partial charge in [0.15, 0.2) is 0 Å². The van der Waals surface area contributed by atoms with Crippen LogP contribution in [0.3, 0.4) is 0 Å². The van der Waals surface area contributed by atoms with Crippen LogP contribution in [0, 0.1) is 0 Å². The van der Waals surface area contributed by atoms with Gasteiger partial charge in [-0.05, 0) is 24.1 Å². The van der Waals surface area contributed by atoms with E-state index in [1.54, 1.807) is 6.92 Å². The molecule has 0 saturated carbocycles. The average molecular weight is 359 g/mol. The maximum atomic E-state index is 12.1. The third kappa shape index (κ3) is 3.50. The van der Waals surface area contributed by atoms with Crippen molar-refractivity contribution >= 4 is 52.1 Å².